The summed E-state index contributed by atoms with van der Waals surface area (Å²) >= 11 is 6.09. The van der Waals surface area contributed by atoms with Crippen LogP contribution in [0.25, 0.3) is 10.9 Å². The highest BCUT2D eigenvalue weighted by Crippen LogP contribution is 2.31. The molecule has 4 aromatic rings. The molecule has 0 radical (unpaired) electrons. The van der Waals surface area contributed by atoms with E-state index in [0.717, 1.165) is 5.52 Å². The van der Waals surface area contributed by atoms with E-state index in [1.54, 1.807) is 0 Å². The number of fused-ring (bicyclic) bond motifs is 1. The molecule has 2 heterocycles. The third-order valence-electron chi connectivity index (χ3n) is 4.49. The highest BCUT2D eigenvalue weighted by Gasteiger charge is 2.18. The van der Waals surface area contributed by atoms with Crippen LogP contribution in [0.2, 0.25) is 5.02 Å². The van der Waals surface area contributed by atoms with Gasteiger partial charge in [-0.05, 0) is 17.2 Å². The normalized spacial score (nSPS) is 12.2. The van der Waals surface area contributed by atoms with Gasteiger partial charge < -0.3 is 10.3 Å². The van der Waals surface area contributed by atoms with Gasteiger partial charge in [-0.15, -0.1) is 0 Å². The zero-order valence-corrected chi connectivity index (χ0v) is 14.6. The van der Waals surface area contributed by atoms with Crippen LogP contribution in [0.3, 0.4) is 0 Å². The van der Waals surface area contributed by atoms with Crippen LogP contribution in [0.5, 0.6) is 0 Å². The van der Waals surface area contributed by atoms with E-state index in [1.807, 2.05) is 36.5 Å². The van der Waals surface area contributed by atoms with Crippen LogP contribution in [-0.2, 0) is 0 Å². The van der Waals surface area contributed by atoms with E-state index in [0.29, 0.717) is 12.2 Å². The number of hydrogen-bond acceptors (Lipinski definition) is 3. The van der Waals surface area contributed by atoms with E-state index in [2.05, 4.69) is 44.8 Å². The maximum Gasteiger partial charge on any atom is 0.285 e. The molecule has 4 rings (SSSR count). The third-order valence-corrected chi connectivity index (χ3v) is 4.87. The van der Waals surface area contributed by atoms with E-state index in [-0.39, 0.29) is 10.9 Å². The number of aromatic nitrogens is 3. The van der Waals surface area contributed by atoms with Crippen molar-refractivity contribution in [3.8, 4) is 0 Å². The Balaban J connectivity index is 1.72. The van der Waals surface area contributed by atoms with Crippen molar-refractivity contribution in [3.05, 3.63) is 93.5 Å². The molecule has 2 aromatic heterocycles. The molecule has 6 heteroatoms. The molecule has 0 amide bonds. The van der Waals surface area contributed by atoms with E-state index >= 15 is 0 Å². The summed E-state index contributed by atoms with van der Waals surface area (Å²) in [6.07, 6.45) is 3.57. The van der Waals surface area contributed by atoms with Gasteiger partial charge in [0.2, 0.25) is 0 Å². The fourth-order valence-corrected chi connectivity index (χ4v) is 3.35. The molecule has 5 nitrogen and oxygen atoms in total. The lowest BCUT2D eigenvalue weighted by atomic mass is 9.91. The molecule has 0 aliphatic rings. The van der Waals surface area contributed by atoms with Crippen LogP contribution in [0, 0.1) is 0 Å². The van der Waals surface area contributed by atoms with Gasteiger partial charge in [0.15, 0.2) is 0 Å². The number of nitrogens with zero attached hydrogens (tertiary/aromatic N) is 1. The van der Waals surface area contributed by atoms with Gasteiger partial charge in [-0.2, -0.15) is 5.10 Å². The summed E-state index contributed by atoms with van der Waals surface area (Å²) in [5, 5.41) is 10.7. The predicted octanol–water partition coefficient (Wildman–Crippen LogP) is 4.15. The van der Waals surface area contributed by atoms with Crippen molar-refractivity contribution in [3.63, 3.8) is 0 Å². The maximum atomic E-state index is 11.7. The Hall–Kier alpha value is -3.05. The number of hydrogen-bond donors (Lipinski definition) is 3. The summed E-state index contributed by atoms with van der Waals surface area (Å²) in [4.78, 5) is 15.0. The molecule has 130 valence electrons. The first-order valence-corrected chi connectivity index (χ1v) is 8.70. The molecular formula is C20H17ClN4O. The predicted molar refractivity (Wildman–Crippen MR) is 105 cm³/mol. The quantitative estimate of drug-likeness (QED) is 0.498. The number of nitrogens with one attached hydrogen (secondary N) is 3. The van der Waals surface area contributed by atoms with Gasteiger partial charge in [0, 0.05) is 29.6 Å². The largest absolute Gasteiger partial charge is 0.381 e. The molecule has 0 saturated heterocycles. The van der Waals surface area contributed by atoms with Crippen molar-refractivity contribution >= 4 is 28.2 Å². The molecular weight excluding hydrogens is 348 g/mol. The van der Waals surface area contributed by atoms with Crippen LogP contribution in [0.4, 0.5) is 5.69 Å². The monoisotopic (exact) mass is 364 g/mol. The molecule has 0 aliphatic heterocycles. The average molecular weight is 365 g/mol. The number of rotatable bonds is 5. The first kappa shape index (κ1) is 16.4. The molecule has 1 atom stereocenters. The fourth-order valence-electron chi connectivity index (χ4n) is 3.19. The van der Waals surface area contributed by atoms with Gasteiger partial charge >= 0.3 is 0 Å². The van der Waals surface area contributed by atoms with E-state index in [1.165, 1.54) is 22.7 Å². The molecule has 26 heavy (non-hydrogen) atoms. The van der Waals surface area contributed by atoms with Gasteiger partial charge in [0.1, 0.15) is 5.02 Å². The second-order valence-corrected chi connectivity index (χ2v) is 6.44. The zero-order valence-electron chi connectivity index (χ0n) is 13.9. The molecule has 2 aromatic carbocycles. The van der Waals surface area contributed by atoms with Crippen LogP contribution in [0.1, 0.15) is 17.0 Å². The van der Waals surface area contributed by atoms with Crippen LogP contribution in [0.15, 0.2) is 71.8 Å². The van der Waals surface area contributed by atoms with Crippen molar-refractivity contribution in [1.82, 2.24) is 15.2 Å². The highest BCUT2D eigenvalue weighted by molar-refractivity contribution is 6.32. The number of halogens is 1. The van der Waals surface area contributed by atoms with Crippen molar-refractivity contribution < 1.29 is 0 Å². The number of para-hydroxylation sites is 1. The average Bonchev–Trinajstić information content (AvgIpc) is 3.10. The Morgan fingerprint density at radius 1 is 1.08 bits per heavy atom. The number of H-pyrrole nitrogens is 2. The molecule has 0 aliphatic carbocycles. The molecule has 0 spiro atoms. The molecule has 1 unspecified atom stereocenters. The molecule has 3 N–H and O–H groups in total. The Morgan fingerprint density at radius 2 is 1.85 bits per heavy atom. The summed E-state index contributed by atoms with van der Waals surface area (Å²) in [5.74, 6) is 0.0858. The lowest BCUT2D eigenvalue weighted by Gasteiger charge is -2.19. The molecule has 0 bridgehead atoms. The van der Waals surface area contributed by atoms with Crippen LogP contribution < -0.4 is 10.9 Å². The third kappa shape index (κ3) is 3.09. The number of benzene rings is 2. The lowest BCUT2D eigenvalue weighted by molar-refractivity contribution is 0.856. The smallest absolute Gasteiger partial charge is 0.285 e. The minimum Gasteiger partial charge on any atom is -0.381 e. The summed E-state index contributed by atoms with van der Waals surface area (Å²) in [5.41, 5.74) is 3.59. The summed E-state index contributed by atoms with van der Waals surface area (Å²) in [6, 6.07) is 18.5. The van der Waals surface area contributed by atoms with Gasteiger partial charge in [0.05, 0.1) is 11.9 Å². The van der Waals surface area contributed by atoms with Crippen molar-refractivity contribution in [2.24, 2.45) is 0 Å². The minimum atomic E-state index is -0.403. The Morgan fingerprint density at radius 3 is 2.69 bits per heavy atom. The molecule has 0 fully saturated rings. The second-order valence-electron chi connectivity index (χ2n) is 6.06. The Bertz CT molecular complexity index is 1090. The van der Waals surface area contributed by atoms with E-state index < -0.39 is 5.56 Å². The Labute approximate surface area is 155 Å². The van der Waals surface area contributed by atoms with Crippen LogP contribution in [-0.4, -0.2) is 21.7 Å². The summed E-state index contributed by atoms with van der Waals surface area (Å²) in [6.45, 7) is 0.580. The lowest BCUT2D eigenvalue weighted by Crippen LogP contribution is -2.17. The topological polar surface area (TPSA) is 73.6 Å². The molecule has 0 saturated carbocycles. The summed E-state index contributed by atoms with van der Waals surface area (Å²) < 4.78 is 0. The second kappa shape index (κ2) is 7.06. The van der Waals surface area contributed by atoms with Gasteiger partial charge in [0.25, 0.3) is 5.56 Å². The minimum absolute atomic E-state index is 0.0858. The number of aromatic amines is 2. The number of anilines is 1. The van der Waals surface area contributed by atoms with E-state index in [4.69, 9.17) is 11.6 Å². The van der Waals surface area contributed by atoms with Crippen molar-refractivity contribution in [1.29, 1.82) is 0 Å². The van der Waals surface area contributed by atoms with Crippen LogP contribution >= 0.6 is 11.6 Å². The summed E-state index contributed by atoms with van der Waals surface area (Å²) in [7, 11) is 0. The van der Waals surface area contributed by atoms with Gasteiger partial charge in [-0.25, -0.2) is 5.10 Å². The van der Waals surface area contributed by atoms with Gasteiger partial charge in [-0.3, -0.25) is 4.79 Å². The first-order valence-electron chi connectivity index (χ1n) is 8.32. The zero-order chi connectivity index (χ0) is 17.9. The highest BCUT2D eigenvalue weighted by atomic mass is 35.5. The van der Waals surface area contributed by atoms with E-state index in [9.17, 15) is 4.79 Å². The Kier molecular flexibility index (Phi) is 4.46. The van der Waals surface area contributed by atoms with Crippen molar-refractivity contribution in [2.75, 3.05) is 11.9 Å². The van der Waals surface area contributed by atoms with Crippen molar-refractivity contribution in [2.45, 2.75) is 5.92 Å². The standard InChI is InChI=1S/C20H17ClN4O/c21-19-18(12-24-25-20(19)26)23-10-15(13-6-2-1-3-7-13)16-11-22-17-9-5-4-8-14(16)17/h1-9,11-12,15,22H,10H2,(H2,23,25,26). The maximum absolute atomic E-state index is 11.7. The SMILES string of the molecule is O=c1[nH]ncc(NCC(c2ccccc2)c2c[nH]c3ccccc23)c1Cl. The fraction of sp³-hybridized carbons (Fsp3) is 0.100. The van der Waals surface area contributed by atoms with Gasteiger partial charge in [-0.1, -0.05) is 60.1 Å². The first-order chi connectivity index (χ1) is 12.7.